The SMILES string of the molecule is O[C@@H]1CN(CCc2ccccc2)CC[C@H]1c1ccc2c(c1)OCO2. The maximum absolute atomic E-state index is 10.6. The van der Waals surface area contributed by atoms with Gasteiger partial charge in [0.15, 0.2) is 11.5 Å². The van der Waals surface area contributed by atoms with E-state index < -0.39 is 0 Å². The van der Waals surface area contributed by atoms with Crippen LogP contribution in [0.1, 0.15) is 23.5 Å². The molecule has 1 fully saturated rings. The molecule has 2 aromatic carbocycles. The highest BCUT2D eigenvalue weighted by atomic mass is 16.7. The molecule has 2 aliphatic heterocycles. The second-order valence-electron chi connectivity index (χ2n) is 6.61. The lowest BCUT2D eigenvalue weighted by Crippen LogP contribution is -2.43. The molecule has 0 bridgehead atoms. The molecule has 0 aromatic heterocycles. The van der Waals surface area contributed by atoms with Crippen molar-refractivity contribution < 1.29 is 14.6 Å². The highest BCUT2D eigenvalue weighted by Crippen LogP contribution is 2.37. The fraction of sp³-hybridized carbons (Fsp3) is 0.400. The minimum Gasteiger partial charge on any atom is -0.454 e. The van der Waals surface area contributed by atoms with Gasteiger partial charge < -0.3 is 19.5 Å². The van der Waals surface area contributed by atoms with Crippen LogP contribution in [0.25, 0.3) is 0 Å². The van der Waals surface area contributed by atoms with Gasteiger partial charge in [0.1, 0.15) is 0 Å². The lowest BCUT2D eigenvalue weighted by molar-refractivity contribution is 0.0518. The Bertz CT molecular complexity index is 689. The van der Waals surface area contributed by atoms with Crippen LogP contribution in [0.4, 0.5) is 0 Å². The van der Waals surface area contributed by atoms with Gasteiger partial charge in [-0.05, 0) is 42.6 Å². The molecule has 126 valence electrons. The van der Waals surface area contributed by atoms with Crippen LogP contribution >= 0.6 is 0 Å². The van der Waals surface area contributed by atoms with Gasteiger partial charge in [0.2, 0.25) is 6.79 Å². The van der Waals surface area contributed by atoms with Crippen molar-refractivity contribution in [1.29, 1.82) is 0 Å². The van der Waals surface area contributed by atoms with E-state index in [2.05, 4.69) is 35.2 Å². The second-order valence-corrected chi connectivity index (χ2v) is 6.61. The van der Waals surface area contributed by atoms with Gasteiger partial charge in [-0.15, -0.1) is 0 Å². The fourth-order valence-electron chi connectivity index (χ4n) is 3.66. The Labute approximate surface area is 142 Å². The normalized spacial score (nSPS) is 23.4. The molecule has 2 aromatic rings. The minimum atomic E-state index is -0.338. The van der Waals surface area contributed by atoms with Gasteiger partial charge in [-0.2, -0.15) is 0 Å². The Morgan fingerprint density at radius 3 is 2.71 bits per heavy atom. The number of nitrogens with zero attached hydrogens (tertiary/aromatic N) is 1. The van der Waals surface area contributed by atoms with Crippen molar-refractivity contribution >= 4 is 0 Å². The first-order valence-corrected chi connectivity index (χ1v) is 8.63. The third-order valence-electron chi connectivity index (χ3n) is 5.05. The first-order valence-electron chi connectivity index (χ1n) is 8.63. The van der Waals surface area contributed by atoms with Crippen molar-refractivity contribution in [3.05, 3.63) is 59.7 Å². The van der Waals surface area contributed by atoms with E-state index in [1.165, 1.54) is 5.56 Å². The van der Waals surface area contributed by atoms with Gasteiger partial charge in [0, 0.05) is 19.0 Å². The summed E-state index contributed by atoms with van der Waals surface area (Å²) in [5, 5.41) is 10.6. The van der Waals surface area contributed by atoms with Crippen molar-refractivity contribution in [2.24, 2.45) is 0 Å². The molecule has 2 heterocycles. The minimum absolute atomic E-state index is 0.174. The maximum Gasteiger partial charge on any atom is 0.231 e. The fourth-order valence-corrected chi connectivity index (χ4v) is 3.66. The average molecular weight is 325 g/mol. The van der Waals surface area contributed by atoms with Crippen LogP contribution in [0.2, 0.25) is 0 Å². The summed E-state index contributed by atoms with van der Waals surface area (Å²) in [5.74, 6) is 1.77. The Kier molecular flexibility index (Phi) is 4.41. The van der Waals surface area contributed by atoms with E-state index in [-0.39, 0.29) is 12.0 Å². The lowest BCUT2D eigenvalue weighted by atomic mass is 9.87. The van der Waals surface area contributed by atoms with Crippen LogP contribution in [0.15, 0.2) is 48.5 Å². The molecular formula is C20H23NO3. The third-order valence-corrected chi connectivity index (χ3v) is 5.05. The van der Waals surface area contributed by atoms with E-state index >= 15 is 0 Å². The van der Waals surface area contributed by atoms with Crippen LogP contribution in [0.3, 0.4) is 0 Å². The second kappa shape index (κ2) is 6.83. The molecule has 4 rings (SSSR count). The van der Waals surface area contributed by atoms with E-state index in [0.717, 1.165) is 49.5 Å². The summed E-state index contributed by atoms with van der Waals surface area (Å²) in [6.07, 6.45) is 1.66. The molecule has 2 atom stereocenters. The number of hydrogen-bond acceptors (Lipinski definition) is 4. The first-order chi connectivity index (χ1) is 11.8. The molecule has 0 aliphatic carbocycles. The number of benzene rings is 2. The standard InChI is InChI=1S/C20H23NO3/c22-18-13-21(10-8-15-4-2-1-3-5-15)11-9-17(18)16-6-7-19-20(12-16)24-14-23-19/h1-7,12,17-18,22H,8-11,13-14H2/t17-,18+/m0/s1. The largest absolute Gasteiger partial charge is 0.454 e. The van der Waals surface area contributed by atoms with Crippen molar-refractivity contribution in [1.82, 2.24) is 4.90 Å². The van der Waals surface area contributed by atoms with Gasteiger partial charge in [-0.25, -0.2) is 0 Å². The van der Waals surface area contributed by atoms with E-state index in [1.54, 1.807) is 0 Å². The summed E-state index contributed by atoms with van der Waals surface area (Å²) in [5.41, 5.74) is 2.50. The lowest BCUT2D eigenvalue weighted by Gasteiger charge is -2.36. The third kappa shape index (κ3) is 3.25. The molecule has 4 heteroatoms. The van der Waals surface area contributed by atoms with Crippen molar-refractivity contribution in [2.45, 2.75) is 24.9 Å². The van der Waals surface area contributed by atoms with E-state index in [1.807, 2.05) is 18.2 Å². The Balaban J connectivity index is 1.36. The zero-order valence-electron chi connectivity index (χ0n) is 13.7. The van der Waals surface area contributed by atoms with Crippen LogP contribution in [-0.4, -0.2) is 42.5 Å². The average Bonchev–Trinajstić information content (AvgIpc) is 3.08. The number of fused-ring (bicyclic) bond motifs is 1. The highest BCUT2D eigenvalue weighted by Gasteiger charge is 2.29. The van der Waals surface area contributed by atoms with E-state index in [4.69, 9.17) is 9.47 Å². The number of rotatable bonds is 4. The molecule has 0 radical (unpaired) electrons. The Morgan fingerprint density at radius 1 is 1.04 bits per heavy atom. The first kappa shape index (κ1) is 15.5. The monoisotopic (exact) mass is 325 g/mol. The number of β-amino-alcohol motifs (C(OH)–C–C–N with tert-alkyl or cyclic N) is 1. The molecule has 0 spiro atoms. The molecule has 0 amide bonds. The maximum atomic E-state index is 10.6. The summed E-state index contributed by atoms with van der Waals surface area (Å²) in [6.45, 7) is 3.03. The van der Waals surface area contributed by atoms with Crippen LogP contribution in [0, 0.1) is 0 Å². The highest BCUT2D eigenvalue weighted by molar-refractivity contribution is 5.45. The molecule has 0 saturated carbocycles. The topological polar surface area (TPSA) is 41.9 Å². The van der Waals surface area contributed by atoms with Gasteiger partial charge in [-0.3, -0.25) is 0 Å². The van der Waals surface area contributed by atoms with Crippen LogP contribution in [-0.2, 0) is 6.42 Å². The summed E-state index contributed by atoms with van der Waals surface area (Å²) in [6, 6.07) is 16.6. The molecular weight excluding hydrogens is 302 g/mol. The summed E-state index contributed by atoms with van der Waals surface area (Å²) in [7, 11) is 0. The van der Waals surface area contributed by atoms with E-state index in [0.29, 0.717) is 6.79 Å². The summed E-state index contributed by atoms with van der Waals surface area (Å²) >= 11 is 0. The smallest absolute Gasteiger partial charge is 0.231 e. The van der Waals surface area contributed by atoms with Gasteiger partial charge in [0.05, 0.1) is 6.10 Å². The van der Waals surface area contributed by atoms with Crippen LogP contribution < -0.4 is 9.47 Å². The predicted octanol–water partition coefficient (Wildman–Crippen LogP) is 2.81. The Hall–Kier alpha value is -2.04. The molecule has 4 nitrogen and oxygen atoms in total. The number of aliphatic hydroxyl groups is 1. The van der Waals surface area contributed by atoms with Gasteiger partial charge in [0.25, 0.3) is 0 Å². The van der Waals surface area contributed by atoms with Crippen molar-refractivity contribution in [3.8, 4) is 11.5 Å². The summed E-state index contributed by atoms with van der Waals surface area (Å²) < 4.78 is 10.8. The number of hydrogen-bond donors (Lipinski definition) is 1. The number of piperidine rings is 1. The predicted molar refractivity (Wildman–Crippen MR) is 92.5 cm³/mol. The molecule has 2 aliphatic rings. The van der Waals surface area contributed by atoms with Gasteiger partial charge in [-0.1, -0.05) is 36.4 Å². The van der Waals surface area contributed by atoms with Gasteiger partial charge >= 0.3 is 0 Å². The van der Waals surface area contributed by atoms with Crippen LogP contribution in [0.5, 0.6) is 11.5 Å². The Morgan fingerprint density at radius 2 is 1.88 bits per heavy atom. The van der Waals surface area contributed by atoms with E-state index in [9.17, 15) is 5.11 Å². The summed E-state index contributed by atoms with van der Waals surface area (Å²) in [4.78, 5) is 2.36. The number of likely N-dealkylation sites (tertiary alicyclic amines) is 1. The molecule has 0 unspecified atom stereocenters. The molecule has 1 saturated heterocycles. The number of ether oxygens (including phenoxy) is 2. The zero-order valence-corrected chi connectivity index (χ0v) is 13.7. The van der Waals surface area contributed by atoms with Crippen molar-refractivity contribution in [2.75, 3.05) is 26.4 Å². The molecule has 1 N–H and O–H groups in total. The van der Waals surface area contributed by atoms with Crippen molar-refractivity contribution in [3.63, 3.8) is 0 Å². The quantitative estimate of drug-likeness (QED) is 0.939. The number of aliphatic hydroxyl groups excluding tert-OH is 1. The molecule has 24 heavy (non-hydrogen) atoms. The zero-order chi connectivity index (χ0) is 16.4.